The summed E-state index contributed by atoms with van der Waals surface area (Å²) in [4.78, 5) is 10.6. The number of halogens is 4. The molecule has 0 spiro atoms. The number of rotatable bonds is 4. The predicted molar refractivity (Wildman–Crippen MR) is 68.2 cm³/mol. The van der Waals surface area contributed by atoms with Crippen molar-refractivity contribution in [3.8, 4) is 11.5 Å². The van der Waals surface area contributed by atoms with Crippen LogP contribution < -0.4 is 4.74 Å². The third kappa shape index (κ3) is 3.59. The molecule has 2 rings (SSSR count). The van der Waals surface area contributed by atoms with Gasteiger partial charge in [-0.25, -0.2) is 4.39 Å². The number of aldehydes is 1. The summed E-state index contributed by atoms with van der Waals surface area (Å²) in [6.07, 6.45) is -3.93. The van der Waals surface area contributed by atoms with E-state index in [4.69, 9.17) is 4.74 Å². The minimum absolute atomic E-state index is 0.0571. The average Bonchev–Trinajstić information content (AvgIpc) is 2.47. The Morgan fingerprint density at radius 2 is 1.86 bits per heavy atom. The maximum atomic E-state index is 12.9. The largest absolute Gasteiger partial charge is 0.457 e. The molecule has 2 aromatic rings. The zero-order valence-corrected chi connectivity index (χ0v) is 10.7. The normalized spacial score (nSPS) is 11.2. The van der Waals surface area contributed by atoms with E-state index in [-0.39, 0.29) is 22.6 Å². The van der Waals surface area contributed by atoms with Gasteiger partial charge in [0.2, 0.25) is 0 Å². The molecule has 0 N–H and O–H groups in total. The monoisotopic (exact) mass is 298 g/mol. The van der Waals surface area contributed by atoms with Crippen molar-refractivity contribution in [1.82, 2.24) is 0 Å². The fourth-order valence-corrected chi connectivity index (χ4v) is 1.74. The van der Waals surface area contributed by atoms with Gasteiger partial charge in [-0.1, -0.05) is 6.07 Å². The fraction of sp³-hybridized carbons (Fsp3) is 0.133. The van der Waals surface area contributed by atoms with Crippen LogP contribution in [0.5, 0.6) is 11.5 Å². The Labute approximate surface area is 118 Å². The van der Waals surface area contributed by atoms with Crippen molar-refractivity contribution >= 4 is 6.29 Å². The Morgan fingerprint density at radius 3 is 2.48 bits per heavy atom. The van der Waals surface area contributed by atoms with Gasteiger partial charge in [-0.15, -0.1) is 0 Å². The molecule has 0 aliphatic rings. The van der Waals surface area contributed by atoms with Crippen molar-refractivity contribution in [3.63, 3.8) is 0 Å². The minimum atomic E-state index is -4.48. The maximum Gasteiger partial charge on any atom is 0.416 e. The van der Waals surface area contributed by atoms with Gasteiger partial charge < -0.3 is 4.74 Å². The lowest BCUT2D eigenvalue weighted by Gasteiger charge is -2.12. The van der Waals surface area contributed by atoms with E-state index in [2.05, 4.69) is 0 Å². The van der Waals surface area contributed by atoms with E-state index in [1.165, 1.54) is 30.3 Å². The Hall–Kier alpha value is -2.37. The summed E-state index contributed by atoms with van der Waals surface area (Å²) in [5.74, 6) is 0.0146. The SMILES string of the molecule is O=Cc1ccc(Oc2cccc(C(F)(F)F)c2)c(CF)c1. The number of alkyl halides is 4. The zero-order valence-electron chi connectivity index (χ0n) is 10.7. The topological polar surface area (TPSA) is 26.3 Å². The van der Waals surface area contributed by atoms with E-state index in [9.17, 15) is 22.4 Å². The summed E-state index contributed by atoms with van der Waals surface area (Å²) in [6, 6.07) is 8.32. The van der Waals surface area contributed by atoms with Crippen LogP contribution in [0.2, 0.25) is 0 Å². The molecule has 0 amide bonds. The fourth-order valence-electron chi connectivity index (χ4n) is 1.74. The molecule has 0 aliphatic carbocycles. The zero-order chi connectivity index (χ0) is 15.5. The number of hydrogen-bond acceptors (Lipinski definition) is 2. The van der Waals surface area contributed by atoms with Gasteiger partial charge in [0.25, 0.3) is 0 Å². The van der Waals surface area contributed by atoms with Crippen molar-refractivity contribution in [1.29, 1.82) is 0 Å². The second kappa shape index (κ2) is 5.95. The Balaban J connectivity index is 2.32. The third-order valence-electron chi connectivity index (χ3n) is 2.75. The van der Waals surface area contributed by atoms with Gasteiger partial charge in [0.15, 0.2) is 0 Å². The molecule has 2 nitrogen and oxygen atoms in total. The molecule has 110 valence electrons. The summed E-state index contributed by atoms with van der Waals surface area (Å²) in [5.41, 5.74) is -0.498. The highest BCUT2D eigenvalue weighted by Crippen LogP contribution is 2.33. The molecule has 0 atom stereocenters. The summed E-state index contributed by atoms with van der Waals surface area (Å²) in [6.45, 7) is -0.893. The molecular weight excluding hydrogens is 288 g/mol. The minimum Gasteiger partial charge on any atom is -0.457 e. The Morgan fingerprint density at radius 1 is 1.10 bits per heavy atom. The van der Waals surface area contributed by atoms with Gasteiger partial charge in [0.05, 0.1) is 5.56 Å². The van der Waals surface area contributed by atoms with Crippen LogP contribution in [-0.2, 0) is 12.9 Å². The molecule has 0 saturated heterocycles. The molecule has 0 heterocycles. The van der Waals surface area contributed by atoms with E-state index in [0.29, 0.717) is 6.29 Å². The lowest BCUT2D eigenvalue weighted by atomic mass is 10.1. The summed E-state index contributed by atoms with van der Waals surface area (Å²) in [5, 5.41) is 0. The van der Waals surface area contributed by atoms with Crippen LogP contribution in [-0.4, -0.2) is 6.29 Å². The number of carbonyl (C=O) groups excluding carboxylic acids is 1. The smallest absolute Gasteiger partial charge is 0.416 e. The van der Waals surface area contributed by atoms with Crippen LogP contribution in [0.3, 0.4) is 0 Å². The van der Waals surface area contributed by atoms with Gasteiger partial charge in [-0.2, -0.15) is 13.2 Å². The van der Waals surface area contributed by atoms with Crippen LogP contribution in [0.25, 0.3) is 0 Å². The van der Waals surface area contributed by atoms with Crippen molar-refractivity contribution in [2.45, 2.75) is 12.9 Å². The molecule has 0 unspecified atom stereocenters. The second-order valence-corrected chi connectivity index (χ2v) is 4.25. The molecule has 0 aliphatic heterocycles. The summed E-state index contributed by atoms with van der Waals surface area (Å²) < 4.78 is 56.0. The van der Waals surface area contributed by atoms with E-state index in [1.54, 1.807) is 0 Å². The standard InChI is InChI=1S/C15H10F4O2/c16-8-11-6-10(9-20)4-5-14(11)21-13-3-1-2-12(7-13)15(17,18)19/h1-7,9H,8H2. The highest BCUT2D eigenvalue weighted by Gasteiger charge is 2.30. The first-order chi connectivity index (χ1) is 9.94. The average molecular weight is 298 g/mol. The molecule has 6 heteroatoms. The highest BCUT2D eigenvalue weighted by molar-refractivity contribution is 5.75. The molecule has 0 radical (unpaired) electrons. The Kier molecular flexibility index (Phi) is 4.26. The van der Waals surface area contributed by atoms with Gasteiger partial charge in [-0.3, -0.25) is 4.79 Å². The van der Waals surface area contributed by atoms with Crippen LogP contribution in [0.15, 0.2) is 42.5 Å². The summed E-state index contributed by atoms with van der Waals surface area (Å²) in [7, 11) is 0. The molecular formula is C15H10F4O2. The summed E-state index contributed by atoms with van der Waals surface area (Å²) >= 11 is 0. The van der Waals surface area contributed by atoms with Gasteiger partial charge in [0.1, 0.15) is 24.5 Å². The second-order valence-electron chi connectivity index (χ2n) is 4.25. The van der Waals surface area contributed by atoms with Crippen LogP contribution >= 0.6 is 0 Å². The van der Waals surface area contributed by atoms with Gasteiger partial charge >= 0.3 is 6.18 Å². The quantitative estimate of drug-likeness (QED) is 0.600. The first kappa shape index (κ1) is 15.0. The molecule has 0 aromatic heterocycles. The maximum absolute atomic E-state index is 12.9. The molecule has 0 bridgehead atoms. The van der Waals surface area contributed by atoms with E-state index >= 15 is 0 Å². The van der Waals surface area contributed by atoms with Crippen LogP contribution in [0, 0.1) is 0 Å². The van der Waals surface area contributed by atoms with E-state index < -0.39 is 18.4 Å². The van der Waals surface area contributed by atoms with Gasteiger partial charge in [0, 0.05) is 11.1 Å². The molecule has 21 heavy (non-hydrogen) atoms. The van der Waals surface area contributed by atoms with E-state index in [1.807, 2.05) is 0 Å². The molecule has 0 fully saturated rings. The first-order valence-electron chi connectivity index (χ1n) is 5.93. The van der Waals surface area contributed by atoms with Crippen LogP contribution in [0.4, 0.5) is 17.6 Å². The molecule has 2 aromatic carbocycles. The number of carbonyl (C=O) groups is 1. The van der Waals surface area contributed by atoms with Crippen molar-refractivity contribution < 1.29 is 27.1 Å². The van der Waals surface area contributed by atoms with Crippen LogP contribution in [0.1, 0.15) is 21.5 Å². The lowest BCUT2D eigenvalue weighted by molar-refractivity contribution is -0.137. The molecule has 0 saturated carbocycles. The van der Waals surface area contributed by atoms with Crippen molar-refractivity contribution in [3.05, 3.63) is 59.2 Å². The lowest BCUT2D eigenvalue weighted by Crippen LogP contribution is -2.04. The number of hydrogen-bond donors (Lipinski definition) is 0. The van der Waals surface area contributed by atoms with Crippen molar-refractivity contribution in [2.75, 3.05) is 0 Å². The Bertz CT molecular complexity index is 650. The van der Waals surface area contributed by atoms with E-state index in [0.717, 1.165) is 12.1 Å². The number of benzene rings is 2. The number of ether oxygens (including phenoxy) is 1. The highest BCUT2D eigenvalue weighted by atomic mass is 19.4. The third-order valence-corrected chi connectivity index (χ3v) is 2.75. The predicted octanol–water partition coefficient (Wildman–Crippen LogP) is 4.78. The first-order valence-corrected chi connectivity index (χ1v) is 5.93. The van der Waals surface area contributed by atoms with Crippen molar-refractivity contribution in [2.24, 2.45) is 0 Å². The van der Waals surface area contributed by atoms with Gasteiger partial charge in [-0.05, 0) is 36.4 Å².